The maximum atomic E-state index is 11.3. The molecular weight excluding hydrogens is 206 g/mol. The van der Waals surface area contributed by atoms with Gasteiger partial charge in [0.25, 0.3) is 0 Å². The van der Waals surface area contributed by atoms with Gasteiger partial charge in [0.2, 0.25) is 5.91 Å². The molecule has 0 radical (unpaired) electrons. The van der Waals surface area contributed by atoms with Crippen LogP contribution in [0.2, 0.25) is 0 Å². The van der Waals surface area contributed by atoms with Crippen LogP contribution in [0.15, 0.2) is 23.4 Å². The first kappa shape index (κ1) is 10.5. The average molecular weight is 219 g/mol. The van der Waals surface area contributed by atoms with Gasteiger partial charge < -0.3 is 15.8 Å². The van der Waals surface area contributed by atoms with E-state index in [-0.39, 0.29) is 11.7 Å². The van der Waals surface area contributed by atoms with E-state index in [1.807, 2.05) is 12.1 Å². The van der Waals surface area contributed by atoms with Gasteiger partial charge >= 0.3 is 0 Å². The van der Waals surface area contributed by atoms with Gasteiger partial charge in [-0.2, -0.15) is 0 Å². The van der Waals surface area contributed by atoms with E-state index >= 15 is 0 Å². The summed E-state index contributed by atoms with van der Waals surface area (Å²) >= 11 is 0. The highest BCUT2D eigenvalue weighted by molar-refractivity contribution is 5.99. The van der Waals surface area contributed by atoms with Gasteiger partial charge in [0.15, 0.2) is 5.84 Å². The van der Waals surface area contributed by atoms with Crippen molar-refractivity contribution in [3.63, 3.8) is 0 Å². The van der Waals surface area contributed by atoms with Gasteiger partial charge in [-0.3, -0.25) is 4.79 Å². The summed E-state index contributed by atoms with van der Waals surface area (Å²) in [5.74, 6) is 0.124. The lowest BCUT2D eigenvalue weighted by Crippen LogP contribution is -2.25. The Morgan fingerprint density at radius 2 is 2.31 bits per heavy atom. The molecule has 3 N–H and O–H groups in total. The second-order valence-corrected chi connectivity index (χ2v) is 3.75. The number of amides is 1. The molecule has 0 aromatic heterocycles. The van der Waals surface area contributed by atoms with Gasteiger partial charge in [-0.15, -0.1) is 0 Å². The number of rotatable bonds is 1. The third kappa shape index (κ3) is 1.60. The first-order chi connectivity index (χ1) is 7.63. The van der Waals surface area contributed by atoms with E-state index in [1.165, 1.54) is 0 Å². The summed E-state index contributed by atoms with van der Waals surface area (Å²) in [6.45, 7) is 2.25. The molecule has 0 atom stereocenters. The van der Waals surface area contributed by atoms with Crippen molar-refractivity contribution >= 4 is 17.4 Å². The average Bonchev–Trinajstić information content (AvgIpc) is 2.70. The SMILES string of the molecule is CC(=O)N1CCc2cc(C(N)=NO)ccc21. The zero-order valence-electron chi connectivity index (χ0n) is 8.97. The fraction of sp³-hybridized carbons (Fsp3) is 0.273. The minimum absolute atomic E-state index is 0.0373. The molecule has 0 spiro atoms. The van der Waals surface area contributed by atoms with E-state index < -0.39 is 0 Å². The first-order valence-corrected chi connectivity index (χ1v) is 5.02. The molecular formula is C11H13N3O2. The number of fused-ring (bicyclic) bond motifs is 1. The van der Waals surface area contributed by atoms with Crippen molar-refractivity contribution in [3.05, 3.63) is 29.3 Å². The zero-order chi connectivity index (χ0) is 11.7. The van der Waals surface area contributed by atoms with Crippen LogP contribution in [0.4, 0.5) is 5.69 Å². The maximum absolute atomic E-state index is 11.3. The van der Waals surface area contributed by atoms with Crippen molar-refractivity contribution in [2.45, 2.75) is 13.3 Å². The van der Waals surface area contributed by atoms with Crippen LogP contribution >= 0.6 is 0 Å². The standard InChI is InChI=1S/C11H13N3O2/c1-7(15)14-5-4-8-6-9(11(12)13-16)2-3-10(8)14/h2-3,6,16H,4-5H2,1H3,(H2,12,13). The Kier molecular flexibility index (Phi) is 2.52. The first-order valence-electron chi connectivity index (χ1n) is 5.02. The van der Waals surface area contributed by atoms with Crippen LogP contribution in [-0.4, -0.2) is 23.5 Å². The van der Waals surface area contributed by atoms with E-state index in [1.54, 1.807) is 17.9 Å². The van der Waals surface area contributed by atoms with Crippen LogP contribution in [0.3, 0.4) is 0 Å². The van der Waals surface area contributed by atoms with Crippen molar-refractivity contribution in [3.8, 4) is 0 Å². The molecule has 1 aliphatic rings. The molecule has 0 fully saturated rings. The quantitative estimate of drug-likeness (QED) is 0.315. The molecule has 0 aliphatic carbocycles. The number of anilines is 1. The van der Waals surface area contributed by atoms with Crippen molar-refractivity contribution in [2.24, 2.45) is 10.9 Å². The van der Waals surface area contributed by atoms with Gasteiger partial charge in [0.1, 0.15) is 0 Å². The molecule has 1 amide bonds. The number of nitrogens with two attached hydrogens (primary N) is 1. The molecule has 16 heavy (non-hydrogen) atoms. The molecule has 0 bridgehead atoms. The molecule has 5 heteroatoms. The molecule has 84 valence electrons. The fourth-order valence-electron chi connectivity index (χ4n) is 1.95. The molecule has 0 saturated heterocycles. The lowest BCUT2D eigenvalue weighted by Gasteiger charge is -2.14. The predicted molar refractivity (Wildman–Crippen MR) is 60.7 cm³/mol. The number of amidine groups is 1. The van der Waals surface area contributed by atoms with E-state index in [9.17, 15) is 4.79 Å². The van der Waals surface area contributed by atoms with Crippen LogP contribution in [0.25, 0.3) is 0 Å². The van der Waals surface area contributed by atoms with Gasteiger partial charge in [0.05, 0.1) is 0 Å². The minimum atomic E-state index is 0.0373. The normalized spacial score (nSPS) is 15.1. The predicted octanol–water partition coefficient (Wildman–Crippen LogP) is 0.690. The van der Waals surface area contributed by atoms with Crippen molar-refractivity contribution in [1.29, 1.82) is 0 Å². The Balaban J connectivity index is 2.40. The Morgan fingerprint density at radius 1 is 1.56 bits per heavy atom. The smallest absolute Gasteiger partial charge is 0.223 e. The minimum Gasteiger partial charge on any atom is -0.409 e. The van der Waals surface area contributed by atoms with Crippen LogP contribution in [0.5, 0.6) is 0 Å². The zero-order valence-corrected chi connectivity index (χ0v) is 8.97. The largest absolute Gasteiger partial charge is 0.409 e. The van der Waals surface area contributed by atoms with E-state index in [4.69, 9.17) is 10.9 Å². The number of oxime groups is 1. The van der Waals surface area contributed by atoms with Crippen LogP contribution < -0.4 is 10.6 Å². The van der Waals surface area contributed by atoms with Gasteiger partial charge in [0, 0.05) is 24.7 Å². The molecule has 1 aliphatic heterocycles. The number of benzene rings is 1. The number of hydrogen-bond acceptors (Lipinski definition) is 3. The molecule has 1 heterocycles. The maximum Gasteiger partial charge on any atom is 0.223 e. The molecule has 1 aromatic carbocycles. The summed E-state index contributed by atoms with van der Waals surface area (Å²) in [6.07, 6.45) is 0.807. The fourth-order valence-corrected chi connectivity index (χ4v) is 1.95. The number of carbonyl (C=O) groups is 1. The summed E-state index contributed by atoms with van der Waals surface area (Å²) in [6, 6.07) is 5.43. The van der Waals surface area contributed by atoms with Crippen molar-refractivity contribution < 1.29 is 10.0 Å². The van der Waals surface area contributed by atoms with Crippen molar-refractivity contribution in [2.75, 3.05) is 11.4 Å². The Labute approximate surface area is 93.2 Å². The second-order valence-electron chi connectivity index (χ2n) is 3.75. The summed E-state index contributed by atoms with van der Waals surface area (Å²) in [5, 5.41) is 11.5. The van der Waals surface area contributed by atoms with Gasteiger partial charge in [-0.25, -0.2) is 0 Å². The molecule has 0 saturated carbocycles. The molecule has 0 unspecified atom stereocenters. The Hall–Kier alpha value is -2.04. The van der Waals surface area contributed by atoms with E-state index in [0.717, 1.165) is 17.7 Å². The summed E-state index contributed by atoms with van der Waals surface area (Å²) in [4.78, 5) is 13.0. The van der Waals surface area contributed by atoms with Gasteiger partial charge in [-0.05, 0) is 30.2 Å². The molecule has 1 aromatic rings. The second kappa shape index (κ2) is 3.84. The topological polar surface area (TPSA) is 78.9 Å². The van der Waals surface area contributed by atoms with E-state index in [2.05, 4.69) is 5.16 Å². The third-order valence-electron chi connectivity index (χ3n) is 2.76. The highest BCUT2D eigenvalue weighted by atomic mass is 16.4. The lowest BCUT2D eigenvalue weighted by molar-refractivity contribution is -0.116. The van der Waals surface area contributed by atoms with Crippen molar-refractivity contribution in [1.82, 2.24) is 0 Å². The monoisotopic (exact) mass is 219 g/mol. The molecule has 5 nitrogen and oxygen atoms in total. The summed E-state index contributed by atoms with van der Waals surface area (Å²) < 4.78 is 0. The van der Waals surface area contributed by atoms with Crippen LogP contribution in [0.1, 0.15) is 18.1 Å². The molecule has 2 rings (SSSR count). The third-order valence-corrected chi connectivity index (χ3v) is 2.76. The highest BCUT2D eigenvalue weighted by Crippen LogP contribution is 2.28. The number of nitrogens with zero attached hydrogens (tertiary/aromatic N) is 2. The van der Waals surface area contributed by atoms with E-state index in [0.29, 0.717) is 12.1 Å². The Bertz CT molecular complexity index is 468. The number of hydrogen-bond donors (Lipinski definition) is 2. The number of carbonyl (C=O) groups excluding carboxylic acids is 1. The Morgan fingerprint density at radius 3 is 2.94 bits per heavy atom. The van der Waals surface area contributed by atoms with Gasteiger partial charge in [-0.1, -0.05) is 5.16 Å². The van der Waals surface area contributed by atoms with Crippen LogP contribution in [-0.2, 0) is 11.2 Å². The lowest BCUT2D eigenvalue weighted by atomic mass is 10.1. The summed E-state index contributed by atoms with van der Waals surface area (Å²) in [7, 11) is 0. The van der Waals surface area contributed by atoms with Crippen LogP contribution in [0, 0.1) is 0 Å². The highest BCUT2D eigenvalue weighted by Gasteiger charge is 2.22. The summed E-state index contributed by atoms with van der Waals surface area (Å²) in [5.41, 5.74) is 8.15.